The van der Waals surface area contributed by atoms with E-state index in [2.05, 4.69) is 0 Å². The van der Waals surface area contributed by atoms with Gasteiger partial charge in [-0.1, -0.05) is 6.07 Å². The summed E-state index contributed by atoms with van der Waals surface area (Å²) in [6.45, 7) is 0. The Morgan fingerprint density at radius 1 is 1.33 bits per heavy atom. The molecule has 0 N–H and O–H groups in total. The molecule has 0 unspecified atom stereocenters. The molecule has 0 aliphatic rings. The molecular formula is C9H7N3. The Balaban J connectivity index is 3.05. The van der Waals surface area contributed by atoms with E-state index in [4.69, 9.17) is 10.5 Å². The number of nitrogens with zero attached hydrogens (tertiary/aromatic N) is 3. The molecule has 0 radical (unpaired) electrons. The number of hydrogen-bond acceptors (Lipinski definition) is 3. The van der Waals surface area contributed by atoms with Crippen LogP contribution in [0.3, 0.4) is 0 Å². The Morgan fingerprint density at radius 3 is 2.67 bits per heavy atom. The minimum absolute atomic E-state index is 0.564. The summed E-state index contributed by atoms with van der Waals surface area (Å²) in [7, 11) is 1.65. The third kappa shape index (κ3) is 1.53. The van der Waals surface area contributed by atoms with Crippen LogP contribution in [0.1, 0.15) is 5.56 Å². The molecule has 0 fully saturated rings. The third-order valence-electron chi connectivity index (χ3n) is 1.51. The number of benzene rings is 1. The van der Waals surface area contributed by atoms with Gasteiger partial charge in [-0.05, 0) is 18.2 Å². The molecule has 58 valence electrons. The van der Waals surface area contributed by atoms with Crippen LogP contribution in [0.4, 0.5) is 5.69 Å². The molecule has 1 aromatic rings. The summed E-state index contributed by atoms with van der Waals surface area (Å²) in [6, 6.07) is 8.92. The standard InChI is InChI=1S/C9H7N3/c1-12(7-11)9-4-2-3-8(5-9)6-10/h2-5H,1H3. The van der Waals surface area contributed by atoms with Crippen molar-refractivity contribution in [3.63, 3.8) is 0 Å². The number of anilines is 1. The van der Waals surface area contributed by atoms with E-state index in [1.54, 1.807) is 31.3 Å². The van der Waals surface area contributed by atoms with E-state index in [1.807, 2.05) is 12.3 Å². The lowest BCUT2D eigenvalue weighted by Gasteiger charge is -2.07. The maximum atomic E-state index is 8.57. The van der Waals surface area contributed by atoms with Gasteiger partial charge in [0.1, 0.15) is 0 Å². The maximum Gasteiger partial charge on any atom is 0.183 e. The molecule has 0 aliphatic heterocycles. The van der Waals surface area contributed by atoms with Crippen molar-refractivity contribution in [1.29, 1.82) is 10.5 Å². The van der Waals surface area contributed by atoms with Crippen LogP contribution in [-0.2, 0) is 0 Å². The van der Waals surface area contributed by atoms with E-state index >= 15 is 0 Å². The van der Waals surface area contributed by atoms with Gasteiger partial charge in [-0.25, -0.2) is 0 Å². The van der Waals surface area contributed by atoms with E-state index in [0.29, 0.717) is 5.56 Å². The Labute approximate surface area is 71.1 Å². The predicted octanol–water partition coefficient (Wildman–Crippen LogP) is 1.48. The van der Waals surface area contributed by atoms with Crippen molar-refractivity contribution in [3.05, 3.63) is 29.8 Å². The lowest BCUT2D eigenvalue weighted by Crippen LogP contribution is -2.07. The molecule has 0 amide bonds. The smallest absolute Gasteiger partial charge is 0.183 e. The molecule has 0 heterocycles. The van der Waals surface area contributed by atoms with Crippen molar-refractivity contribution in [3.8, 4) is 12.3 Å². The second-order valence-corrected chi connectivity index (χ2v) is 2.32. The first-order valence-electron chi connectivity index (χ1n) is 3.41. The van der Waals surface area contributed by atoms with Gasteiger partial charge < -0.3 is 0 Å². The van der Waals surface area contributed by atoms with Crippen molar-refractivity contribution in [2.75, 3.05) is 11.9 Å². The van der Waals surface area contributed by atoms with Gasteiger partial charge in [-0.15, -0.1) is 0 Å². The molecule has 0 saturated carbocycles. The largest absolute Gasteiger partial charge is 0.283 e. The van der Waals surface area contributed by atoms with Crippen LogP contribution in [-0.4, -0.2) is 7.05 Å². The Hall–Kier alpha value is -2.00. The van der Waals surface area contributed by atoms with Crippen LogP contribution in [0.15, 0.2) is 24.3 Å². The van der Waals surface area contributed by atoms with Gasteiger partial charge in [0, 0.05) is 7.05 Å². The van der Waals surface area contributed by atoms with E-state index in [9.17, 15) is 0 Å². The highest BCUT2D eigenvalue weighted by Crippen LogP contribution is 2.12. The summed E-state index contributed by atoms with van der Waals surface area (Å²) in [5.74, 6) is 0. The maximum absolute atomic E-state index is 8.57. The van der Waals surface area contributed by atoms with Crippen LogP contribution in [0.25, 0.3) is 0 Å². The van der Waals surface area contributed by atoms with Gasteiger partial charge >= 0.3 is 0 Å². The topological polar surface area (TPSA) is 50.8 Å². The average molecular weight is 157 g/mol. The lowest BCUT2D eigenvalue weighted by molar-refractivity contribution is 1.20. The first-order valence-corrected chi connectivity index (χ1v) is 3.41. The molecular weight excluding hydrogens is 150 g/mol. The van der Waals surface area contributed by atoms with Crippen LogP contribution in [0.5, 0.6) is 0 Å². The van der Waals surface area contributed by atoms with Crippen LogP contribution < -0.4 is 4.90 Å². The number of nitriles is 2. The highest BCUT2D eigenvalue weighted by Gasteiger charge is 1.98. The normalized spacial score (nSPS) is 8.25. The van der Waals surface area contributed by atoms with Crippen LogP contribution >= 0.6 is 0 Å². The molecule has 0 bridgehead atoms. The van der Waals surface area contributed by atoms with Crippen LogP contribution in [0.2, 0.25) is 0 Å². The van der Waals surface area contributed by atoms with Crippen molar-refractivity contribution in [2.45, 2.75) is 0 Å². The minimum Gasteiger partial charge on any atom is -0.283 e. The van der Waals surface area contributed by atoms with Crippen molar-refractivity contribution in [2.24, 2.45) is 0 Å². The number of rotatable bonds is 1. The molecule has 0 saturated heterocycles. The highest BCUT2D eigenvalue weighted by atomic mass is 15.1. The minimum atomic E-state index is 0.564. The molecule has 12 heavy (non-hydrogen) atoms. The van der Waals surface area contributed by atoms with Gasteiger partial charge in [-0.2, -0.15) is 10.5 Å². The van der Waals surface area contributed by atoms with E-state index < -0.39 is 0 Å². The third-order valence-corrected chi connectivity index (χ3v) is 1.51. The molecule has 0 spiro atoms. The zero-order valence-electron chi connectivity index (χ0n) is 6.65. The Morgan fingerprint density at radius 2 is 2.08 bits per heavy atom. The quantitative estimate of drug-likeness (QED) is 0.458. The number of hydrogen-bond donors (Lipinski definition) is 0. The highest BCUT2D eigenvalue weighted by molar-refractivity contribution is 5.53. The molecule has 3 heteroatoms. The van der Waals surface area contributed by atoms with E-state index in [1.165, 1.54) is 4.90 Å². The molecule has 1 aromatic carbocycles. The summed E-state index contributed by atoms with van der Waals surface area (Å²) in [5.41, 5.74) is 1.30. The van der Waals surface area contributed by atoms with Gasteiger partial charge in [-0.3, -0.25) is 4.90 Å². The molecule has 1 rings (SSSR count). The fraction of sp³-hybridized carbons (Fsp3) is 0.111. The van der Waals surface area contributed by atoms with Crippen molar-refractivity contribution < 1.29 is 0 Å². The summed E-state index contributed by atoms with van der Waals surface area (Å²) >= 11 is 0. The van der Waals surface area contributed by atoms with Gasteiger partial charge in [0.25, 0.3) is 0 Å². The second-order valence-electron chi connectivity index (χ2n) is 2.32. The van der Waals surface area contributed by atoms with Crippen molar-refractivity contribution >= 4 is 5.69 Å². The summed E-state index contributed by atoms with van der Waals surface area (Å²) in [6.07, 6.45) is 1.96. The molecule has 0 aliphatic carbocycles. The van der Waals surface area contributed by atoms with Crippen molar-refractivity contribution in [1.82, 2.24) is 0 Å². The van der Waals surface area contributed by atoms with Gasteiger partial charge in [0.05, 0.1) is 17.3 Å². The lowest BCUT2D eigenvalue weighted by atomic mass is 10.2. The molecule has 0 atom stereocenters. The first kappa shape index (κ1) is 8.10. The molecule has 3 nitrogen and oxygen atoms in total. The van der Waals surface area contributed by atoms with Gasteiger partial charge in [0.2, 0.25) is 0 Å². The summed E-state index contributed by atoms with van der Waals surface area (Å²) in [4.78, 5) is 1.40. The fourth-order valence-electron chi connectivity index (χ4n) is 0.842. The first-order chi connectivity index (χ1) is 5.77. The Bertz CT molecular complexity index is 357. The summed E-state index contributed by atoms with van der Waals surface area (Å²) < 4.78 is 0. The molecule has 0 aromatic heterocycles. The predicted molar refractivity (Wildman–Crippen MR) is 45.2 cm³/mol. The average Bonchev–Trinajstić information content (AvgIpc) is 2.17. The zero-order chi connectivity index (χ0) is 8.97. The summed E-state index contributed by atoms with van der Waals surface area (Å²) in [5, 5.41) is 17.1. The zero-order valence-corrected chi connectivity index (χ0v) is 6.65. The monoisotopic (exact) mass is 157 g/mol. The Kier molecular flexibility index (Phi) is 2.30. The van der Waals surface area contributed by atoms with Crippen LogP contribution in [0, 0.1) is 22.8 Å². The van der Waals surface area contributed by atoms with E-state index in [-0.39, 0.29) is 0 Å². The SMILES string of the molecule is CN(C#N)c1cccc(C#N)c1. The van der Waals surface area contributed by atoms with Gasteiger partial charge in [0.15, 0.2) is 6.19 Å². The second kappa shape index (κ2) is 3.41. The van der Waals surface area contributed by atoms with E-state index in [0.717, 1.165) is 5.69 Å². The fourth-order valence-corrected chi connectivity index (χ4v) is 0.842.